The maximum atomic E-state index is 12.7. The first-order chi connectivity index (χ1) is 16.2. The summed E-state index contributed by atoms with van der Waals surface area (Å²) < 4.78 is 0. The van der Waals surface area contributed by atoms with Crippen molar-refractivity contribution in [2.24, 2.45) is 15.3 Å². The van der Waals surface area contributed by atoms with Crippen molar-refractivity contribution in [3.63, 3.8) is 0 Å². The Balaban J connectivity index is 1.90. The predicted molar refractivity (Wildman–Crippen MR) is 127 cm³/mol. The summed E-state index contributed by atoms with van der Waals surface area (Å²) in [5.41, 5.74) is 2.73. The molecular weight excluding hydrogens is 489 g/mol. The van der Waals surface area contributed by atoms with Crippen LogP contribution in [0, 0.1) is 20.2 Å². The number of carbonyl (C=O) groups is 1. The highest BCUT2D eigenvalue weighted by Gasteiger charge is 2.15. The van der Waals surface area contributed by atoms with Gasteiger partial charge in [0.05, 0.1) is 25.6 Å². The molecule has 0 spiro atoms. The van der Waals surface area contributed by atoms with Gasteiger partial charge in [-0.3, -0.25) is 30.4 Å². The Bertz CT molecular complexity index is 1320. The number of hydrogen-bond acceptors (Lipinski definition) is 8. The highest BCUT2D eigenvalue weighted by atomic mass is 35.5. The van der Waals surface area contributed by atoms with Crippen molar-refractivity contribution in [2.75, 3.05) is 10.7 Å². The van der Waals surface area contributed by atoms with Gasteiger partial charge in [0.15, 0.2) is 0 Å². The Morgan fingerprint density at radius 3 is 2.06 bits per heavy atom. The number of halogens is 2. The summed E-state index contributed by atoms with van der Waals surface area (Å²) in [5, 5.41) is 35.8. The number of nitrogens with one attached hydrogen (secondary N) is 2. The molecule has 0 unspecified atom stereocenters. The number of nitro groups is 2. The fourth-order valence-electron chi connectivity index (χ4n) is 2.44. The smallest absolute Gasteiger partial charge is 0.297 e. The Morgan fingerprint density at radius 1 is 0.853 bits per heavy atom. The van der Waals surface area contributed by atoms with Crippen LogP contribution in [0.15, 0.2) is 82.1 Å². The van der Waals surface area contributed by atoms with Crippen LogP contribution >= 0.6 is 23.2 Å². The molecule has 0 aliphatic heterocycles. The molecule has 12 nitrogen and oxygen atoms in total. The molecule has 3 aromatic rings. The van der Waals surface area contributed by atoms with Crippen molar-refractivity contribution in [1.82, 2.24) is 0 Å². The summed E-state index contributed by atoms with van der Waals surface area (Å²) >= 11 is 12.1. The van der Waals surface area contributed by atoms with Gasteiger partial charge in [-0.25, -0.2) is 0 Å². The largest absolute Gasteiger partial charge is 0.319 e. The summed E-state index contributed by atoms with van der Waals surface area (Å²) in [7, 11) is 0. The van der Waals surface area contributed by atoms with Gasteiger partial charge in [-0.05, 0) is 24.3 Å². The molecule has 0 bridgehead atoms. The molecule has 34 heavy (non-hydrogen) atoms. The summed E-state index contributed by atoms with van der Waals surface area (Å²) in [4.78, 5) is 33.2. The van der Waals surface area contributed by atoms with Crippen molar-refractivity contribution in [3.8, 4) is 0 Å². The number of carbonyl (C=O) groups excluding carboxylic acids is 1. The molecule has 0 atom stereocenters. The van der Waals surface area contributed by atoms with Crippen LogP contribution in [0.25, 0.3) is 0 Å². The number of amidine groups is 1. The molecule has 0 saturated carbocycles. The van der Waals surface area contributed by atoms with E-state index in [0.717, 1.165) is 12.1 Å². The van der Waals surface area contributed by atoms with Gasteiger partial charge in [-0.15, -0.1) is 15.3 Å². The number of nitrogens with zero attached hydrogens (tertiary/aromatic N) is 5. The van der Waals surface area contributed by atoms with Crippen LogP contribution in [0.2, 0.25) is 10.0 Å². The lowest BCUT2D eigenvalue weighted by molar-refractivity contribution is -0.385. The lowest BCUT2D eigenvalue weighted by Crippen LogP contribution is -2.22. The second-order valence-corrected chi connectivity index (χ2v) is 7.20. The van der Waals surface area contributed by atoms with Crippen molar-refractivity contribution < 1.29 is 14.6 Å². The third kappa shape index (κ3) is 6.31. The normalized spacial score (nSPS) is 11.3. The average molecular weight is 502 g/mol. The van der Waals surface area contributed by atoms with Gasteiger partial charge >= 0.3 is 0 Å². The molecule has 0 fully saturated rings. The third-order valence-corrected chi connectivity index (χ3v) is 4.69. The summed E-state index contributed by atoms with van der Waals surface area (Å²) in [6, 6.07) is 15.6. The van der Waals surface area contributed by atoms with E-state index >= 15 is 0 Å². The number of non-ortho nitro benzene ring substituents is 2. The van der Waals surface area contributed by atoms with Gasteiger partial charge in [-0.1, -0.05) is 41.4 Å². The number of azo groups is 1. The number of rotatable bonds is 6. The number of para-hydroxylation sites is 1. The van der Waals surface area contributed by atoms with E-state index in [2.05, 4.69) is 26.1 Å². The zero-order valence-electron chi connectivity index (χ0n) is 16.9. The lowest BCUT2D eigenvalue weighted by atomic mass is 10.3. The number of amides is 1. The van der Waals surface area contributed by atoms with Gasteiger partial charge in [0.25, 0.3) is 23.1 Å². The molecule has 0 aliphatic rings. The highest BCUT2D eigenvalue weighted by Crippen LogP contribution is 2.29. The van der Waals surface area contributed by atoms with Crippen molar-refractivity contribution in [3.05, 3.63) is 97.0 Å². The van der Waals surface area contributed by atoms with Crippen LogP contribution < -0.4 is 10.7 Å². The third-order valence-electron chi connectivity index (χ3n) is 4.08. The van der Waals surface area contributed by atoms with E-state index in [1.807, 2.05) is 0 Å². The maximum absolute atomic E-state index is 12.7. The van der Waals surface area contributed by atoms with Gasteiger partial charge in [-0.2, -0.15) is 0 Å². The van der Waals surface area contributed by atoms with Crippen LogP contribution in [-0.4, -0.2) is 21.6 Å². The molecular formula is C20H13Cl2N7O5. The number of nitro benzene ring substituents is 2. The molecule has 0 heterocycles. The monoisotopic (exact) mass is 501 g/mol. The molecule has 172 valence electrons. The Hall–Kier alpha value is -4.42. The van der Waals surface area contributed by atoms with Crippen molar-refractivity contribution in [1.29, 1.82) is 0 Å². The number of hydrogen-bond donors (Lipinski definition) is 2. The molecule has 3 rings (SSSR count). The first-order valence-corrected chi connectivity index (χ1v) is 10.00. The van der Waals surface area contributed by atoms with Crippen molar-refractivity contribution >= 4 is 63.4 Å². The Kier molecular flexibility index (Phi) is 7.79. The minimum Gasteiger partial charge on any atom is -0.319 e. The van der Waals surface area contributed by atoms with Crippen LogP contribution in [-0.2, 0) is 4.79 Å². The standard InChI is InChI=1S/C20H13Cl2N7O5/c21-15-10-13(28(31)32)6-8-17(15)24-26-19(20(30)23-12-4-2-1-3-5-12)27-25-18-9-7-14(29(33)34)11-16(18)22/h1-11,24H,(H,23,30)/b26-19-,27-25?. The van der Waals surface area contributed by atoms with Crippen LogP contribution in [0.4, 0.5) is 28.4 Å². The fraction of sp³-hybridized carbons (Fsp3) is 0. The van der Waals surface area contributed by atoms with E-state index in [1.54, 1.807) is 30.3 Å². The van der Waals surface area contributed by atoms with Gasteiger partial charge in [0.2, 0.25) is 0 Å². The summed E-state index contributed by atoms with van der Waals surface area (Å²) in [6.45, 7) is 0. The first kappa shape index (κ1) is 24.2. The predicted octanol–water partition coefficient (Wildman–Crippen LogP) is 5.96. The van der Waals surface area contributed by atoms with Gasteiger partial charge < -0.3 is 5.32 Å². The maximum Gasteiger partial charge on any atom is 0.297 e. The number of hydrazone groups is 1. The minimum absolute atomic E-state index is 0.0175. The van der Waals surface area contributed by atoms with Crippen LogP contribution in [0.1, 0.15) is 0 Å². The van der Waals surface area contributed by atoms with E-state index in [9.17, 15) is 25.0 Å². The van der Waals surface area contributed by atoms with Crippen molar-refractivity contribution in [2.45, 2.75) is 0 Å². The fourth-order valence-corrected chi connectivity index (χ4v) is 2.87. The summed E-state index contributed by atoms with van der Waals surface area (Å²) in [6.07, 6.45) is 0. The van der Waals surface area contributed by atoms with E-state index in [1.165, 1.54) is 24.3 Å². The van der Waals surface area contributed by atoms with Crippen LogP contribution in [0.5, 0.6) is 0 Å². The molecule has 0 saturated heterocycles. The molecule has 0 aliphatic carbocycles. The van der Waals surface area contributed by atoms with E-state index in [4.69, 9.17) is 23.2 Å². The molecule has 2 N–H and O–H groups in total. The molecule has 0 aromatic heterocycles. The molecule has 1 amide bonds. The molecule has 0 radical (unpaired) electrons. The number of benzene rings is 3. The molecule has 14 heteroatoms. The van der Waals surface area contributed by atoms with Gasteiger partial charge in [0.1, 0.15) is 5.69 Å². The second kappa shape index (κ2) is 10.9. The van der Waals surface area contributed by atoms with E-state index in [0.29, 0.717) is 5.69 Å². The van der Waals surface area contributed by atoms with Crippen LogP contribution in [0.3, 0.4) is 0 Å². The highest BCUT2D eigenvalue weighted by molar-refractivity contribution is 6.42. The van der Waals surface area contributed by atoms with Gasteiger partial charge in [0, 0.05) is 30.0 Å². The number of anilines is 2. The summed E-state index contributed by atoms with van der Waals surface area (Å²) in [5.74, 6) is -1.20. The average Bonchev–Trinajstić information content (AvgIpc) is 2.81. The Labute approximate surface area is 201 Å². The SMILES string of the molecule is O=C(Nc1ccccc1)/C(N=Nc1ccc([N+](=O)[O-])cc1Cl)=N/Nc1ccc([N+](=O)[O-])cc1Cl. The Morgan fingerprint density at radius 2 is 1.47 bits per heavy atom. The second-order valence-electron chi connectivity index (χ2n) is 6.38. The first-order valence-electron chi connectivity index (χ1n) is 9.24. The topological polar surface area (TPSA) is 164 Å². The van der Waals surface area contributed by atoms with E-state index < -0.39 is 21.6 Å². The zero-order valence-corrected chi connectivity index (χ0v) is 18.4. The lowest BCUT2D eigenvalue weighted by Gasteiger charge is -2.06. The zero-order chi connectivity index (χ0) is 24.7. The quantitative estimate of drug-likeness (QED) is 0.139. The minimum atomic E-state index is -0.751. The van der Waals surface area contributed by atoms with E-state index in [-0.39, 0.29) is 32.8 Å². The molecule has 3 aromatic carbocycles.